The molecular formula is C18H25NO5. The quantitative estimate of drug-likeness (QED) is 0.800. The molecule has 0 aromatic heterocycles. The molecule has 132 valence electrons. The molecule has 24 heavy (non-hydrogen) atoms. The summed E-state index contributed by atoms with van der Waals surface area (Å²) in [7, 11) is 0. The molecule has 2 unspecified atom stereocenters. The third-order valence-electron chi connectivity index (χ3n) is 4.13. The van der Waals surface area contributed by atoms with Gasteiger partial charge in [-0.1, -0.05) is 19.8 Å². The summed E-state index contributed by atoms with van der Waals surface area (Å²) in [5, 5.41) is 11.8. The maximum atomic E-state index is 12.5. The number of rotatable bonds is 7. The predicted octanol–water partition coefficient (Wildman–Crippen LogP) is 2.86. The van der Waals surface area contributed by atoms with Crippen molar-refractivity contribution in [2.45, 2.75) is 45.6 Å². The van der Waals surface area contributed by atoms with E-state index in [1.807, 2.05) is 6.92 Å². The highest BCUT2D eigenvalue weighted by atomic mass is 16.5. The molecule has 1 aliphatic rings. The zero-order chi connectivity index (χ0) is 17.5. The van der Waals surface area contributed by atoms with E-state index >= 15 is 0 Å². The first-order chi connectivity index (χ1) is 11.5. The highest BCUT2D eigenvalue weighted by Gasteiger charge is 2.21. The molecule has 1 fully saturated rings. The monoisotopic (exact) mass is 335 g/mol. The summed E-state index contributed by atoms with van der Waals surface area (Å²) in [6.07, 6.45) is 4.37. The first kappa shape index (κ1) is 18.1. The maximum Gasteiger partial charge on any atom is 0.341 e. The summed E-state index contributed by atoms with van der Waals surface area (Å²) in [6, 6.07) is 5.01. The molecule has 2 atom stereocenters. The van der Waals surface area contributed by atoms with E-state index in [9.17, 15) is 9.59 Å². The van der Waals surface area contributed by atoms with E-state index in [2.05, 4.69) is 12.2 Å². The highest BCUT2D eigenvalue weighted by molar-refractivity contribution is 5.95. The Morgan fingerprint density at radius 3 is 2.71 bits per heavy atom. The average molecular weight is 335 g/mol. The molecule has 0 heterocycles. The second kappa shape index (κ2) is 8.57. The second-order valence-corrected chi connectivity index (χ2v) is 6.22. The van der Waals surface area contributed by atoms with Gasteiger partial charge >= 0.3 is 5.97 Å². The zero-order valence-electron chi connectivity index (χ0n) is 14.2. The van der Waals surface area contributed by atoms with Crippen molar-refractivity contribution in [3.05, 3.63) is 23.8 Å². The number of carbonyl (C=O) groups is 2. The van der Waals surface area contributed by atoms with Gasteiger partial charge in [-0.25, -0.2) is 4.79 Å². The topological polar surface area (TPSA) is 84.9 Å². The van der Waals surface area contributed by atoms with Crippen molar-refractivity contribution in [2.75, 3.05) is 13.2 Å². The summed E-state index contributed by atoms with van der Waals surface area (Å²) < 4.78 is 10.7. The molecule has 2 rings (SSSR count). The number of aliphatic carboxylic acids is 1. The third kappa shape index (κ3) is 5.15. The van der Waals surface area contributed by atoms with Gasteiger partial charge in [0.2, 0.25) is 0 Å². The Kier molecular flexibility index (Phi) is 6.46. The number of ether oxygens (including phenoxy) is 2. The molecule has 0 bridgehead atoms. The normalized spacial score (nSPS) is 20.2. The Balaban J connectivity index is 2.07. The summed E-state index contributed by atoms with van der Waals surface area (Å²) in [5.41, 5.74) is 0.486. The van der Waals surface area contributed by atoms with Crippen LogP contribution in [-0.2, 0) is 4.79 Å². The van der Waals surface area contributed by atoms with Crippen LogP contribution in [0, 0.1) is 5.92 Å². The lowest BCUT2D eigenvalue weighted by Crippen LogP contribution is -2.37. The van der Waals surface area contributed by atoms with Gasteiger partial charge in [-0.3, -0.25) is 4.79 Å². The number of nitrogens with one attached hydrogen (secondary N) is 1. The molecule has 1 aromatic carbocycles. The van der Waals surface area contributed by atoms with Gasteiger partial charge in [0, 0.05) is 11.6 Å². The van der Waals surface area contributed by atoms with Crippen LogP contribution in [0.25, 0.3) is 0 Å². The number of hydrogen-bond acceptors (Lipinski definition) is 4. The standard InChI is InChI=1S/C18H25NO5/c1-3-23-16-10-13(7-8-15(16)24-11-17(20)21)18(22)19-14-6-4-5-12(2)9-14/h7-8,10,12,14H,3-6,9,11H2,1-2H3,(H,19,22)(H,20,21). The Morgan fingerprint density at radius 1 is 1.25 bits per heavy atom. The van der Waals surface area contributed by atoms with E-state index in [4.69, 9.17) is 14.6 Å². The summed E-state index contributed by atoms with van der Waals surface area (Å²) in [5.74, 6) is 0.130. The highest BCUT2D eigenvalue weighted by Crippen LogP contribution is 2.29. The fourth-order valence-corrected chi connectivity index (χ4v) is 3.01. The van der Waals surface area contributed by atoms with Crippen molar-refractivity contribution in [2.24, 2.45) is 5.92 Å². The first-order valence-electron chi connectivity index (χ1n) is 8.42. The lowest BCUT2D eigenvalue weighted by molar-refractivity contribution is -0.139. The van der Waals surface area contributed by atoms with Gasteiger partial charge in [0.25, 0.3) is 5.91 Å². The van der Waals surface area contributed by atoms with Crippen molar-refractivity contribution in [1.82, 2.24) is 5.32 Å². The van der Waals surface area contributed by atoms with Crippen molar-refractivity contribution in [3.63, 3.8) is 0 Å². The van der Waals surface area contributed by atoms with Gasteiger partial charge in [-0.2, -0.15) is 0 Å². The minimum atomic E-state index is -1.06. The SMILES string of the molecule is CCOc1cc(C(=O)NC2CCCC(C)C2)ccc1OCC(=O)O. The second-order valence-electron chi connectivity index (χ2n) is 6.22. The van der Waals surface area contributed by atoms with Crippen LogP contribution in [0.4, 0.5) is 0 Å². The van der Waals surface area contributed by atoms with E-state index in [1.165, 1.54) is 6.42 Å². The third-order valence-corrected chi connectivity index (χ3v) is 4.13. The lowest BCUT2D eigenvalue weighted by Gasteiger charge is -2.27. The lowest BCUT2D eigenvalue weighted by atomic mass is 9.87. The molecule has 6 heteroatoms. The maximum absolute atomic E-state index is 12.5. The van der Waals surface area contributed by atoms with Crippen molar-refractivity contribution < 1.29 is 24.2 Å². The molecule has 1 amide bonds. The smallest absolute Gasteiger partial charge is 0.341 e. The molecular weight excluding hydrogens is 310 g/mol. The Labute approximate surface area is 142 Å². The van der Waals surface area contributed by atoms with E-state index in [0.29, 0.717) is 29.6 Å². The number of hydrogen-bond donors (Lipinski definition) is 2. The molecule has 0 saturated heterocycles. The fraction of sp³-hybridized carbons (Fsp3) is 0.556. The number of carboxylic acid groups (broad SMARTS) is 1. The predicted molar refractivity (Wildman–Crippen MR) is 89.6 cm³/mol. The van der Waals surface area contributed by atoms with E-state index in [0.717, 1.165) is 19.3 Å². The molecule has 2 N–H and O–H groups in total. The molecule has 6 nitrogen and oxygen atoms in total. The fourth-order valence-electron chi connectivity index (χ4n) is 3.01. The van der Waals surface area contributed by atoms with Gasteiger partial charge < -0.3 is 19.9 Å². The minimum Gasteiger partial charge on any atom is -0.490 e. The summed E-state index contributed by atoms with van der Waals surface area (Å²) in [6.45, 7) is 3.97. The van der Waals surface area contributed by atoms with Crippen LogP contribution < -0.4 is 14.8 Å². The van der Waals surface area contributed by atoms with Crippen LogP contribution in [-0.4, -0.2) is 36.2 Å². The minimum absolute atomic E-state index is 0.139. The number of carbonyl (C=O) groups excluding carboxylic acids is 1. The molecule has 0 aliphatic heterocycles. The average Bonchev–Trinajstić information content (AvgIpc) is 2.53. The van der Waals surface area contributed by atoms with Crippen molar-refractivity contribution >= 4 is 11.9 Å². The Hall–Kier alpha value is -2.24. The number of amides is 1. The zero-order valence-corrected chi connectivity index (χ0v) is 14.2. The molecule has 0 radical (unpaired) electrons. The Morgan fingerprint density at radius 2 is 2.04 bits per heavy atom. The van der Waals surface area contributed by atoms with Crippen LogP contribution in [0.15, 0.2) is 18.2 Å². The van der Waals surface area contributed by atoms with Crippen LogP contribution in [0.1, 0.15) is 49.9 Å². The van der Waals surface area contributed by atoms with E-state index in [-0.39, 0.29) is 11.9 Å². The Bertz CT molecular complexity index is 587. The van der Waals surface area contributed by atoms with Crippen LogP contribution in [0.3, 0.4) is 0 Å². The van der Waals surface area contributed by atoms with E-state index in [1.54, 1.807) is 18.2 Å². The van der Waals surface area contributed by atoms with Crippen LogP contribution in [0.5, 0.6) is 11.5 Å². The largest absolute Gasteiger partial charge is 0.490 e. The van der Waals surface area contributed by atoms with Crippen molar-refractivity contribution in [1.29, 1.82) is 0 Å². The molecule has 1 saturated carbocycles. The van der Waals surface area contributed by atoms with Gasteiger partial charge in [0.15, 0.2) is 18.1 Å². The van der Waals surface area contributed by atoms with Gasteiger partial charge in [0.05, 0.1) is 6.61 Å². The van der Waals surface area contributed by atoms with Gasteiger partial charge in [0.1, 0.15) is 0 Å². The molecule has 0 spiro atoms. The molecule has 1 aliphatic carbocycles. The number of benzene rings is 1. The van der Waals surface area contributed by atoms with Crippen LogP contribution >= 0.6 is 0 Å². The first-order valence-corrected chi connectivity index (χ1v) is 8.42. The van der Waals surface area contributed by atoms with Gasteiger partial charge in [-0.15, -0.1) is 0 Å². The van der Waals surface area contributed by atoms with Crippen molar-refractivity contribution in [3.8, 4) is 11.5 Å². The summed E-state index contributed by atoms with van der Waals surface area (Å²) >= 11 is 0. The van der Waals surface area contributed by atoms with E-state index < -0.39 is 12.6 Å². The summed E-state index contributed by atoms with van der Waals surface area (Å²) in [4.78, 5) is 23.1. The van der Waals surface area contributed by atoms with Crippen LogP contribution in [0.2, 0.25) is 0 Å². The molecule has 1 aromatic rings. The van der Waals surface area contributed by atoms with Gasteiger partial charge in [-0.05, 0) is 43.9 Å². The number of carboxylic acids is 1.